The molecule has 34 heavy (non-hydrogen) atoms. The van der Waals surface area contributed by atoms with Crippen LogP contribution in [-0.4, -0.2) is 76.8 Å². The van der Waals surface area contributed by atoms with Crippen molar-refractivity contribution in [3.63, 3.8) is 0 Å². The van der Waals surface area contributed by atoms with Crippen LogP contribution in [0.4, 0.5) is 8.78 Å². The minimum absolute atomic E-state index is 0.103. The molecule has 1 aromatic carbocycles. The van der Waals surface area contributed by atoms with Crippen LogP contribution in [-0.2, 0) is 0 Å². The molecule has 5 rings (SSSR count). The van der Waals surface area contributed by atoms with Crippen LogP contribution in [0.3, 0.4) is 0 Å². The van der Waals surface area contributed by atoms with E-state index >= 15 is 0 Å². The number of carbonyl (C=O) groups excluding carboxylic acids is 1. The molecule has 3 atom stereocenters. The lowest BCUT2D eigenvalue weighted by atomic mass is 9.95. The van der Waals surface area contributed by atoms with Crippen LogP contribution in [0.2, 0.25) is 0 Å². The van der Waals surface area contributed by atoms with Crippen molar-refractivity contribution in [1.29, 1.82) is 0 Å². The van der Waals surface area contributed by atoms with E-state index in [0.29, 0.717) is 13.0 Å². The summed E-state index contributed by atoms with van der Waals surface area (Å²) in [6.07, 6.45) is 6.07. The molecular weight excluding hydrogens is 442 g/mol. The molecule has 182 valence electrons. The zero-order chi connectivity index (χ0) is 23.8. The molecule has 0 spiro atoms. The summed E-state index contributed by atoms with van der Waals surface area (Å²) in [6, 6.07) is 6.15. The molecule has 2 saturated heterocycles. The lowest BCUT2D eigenvalue weighted by Gasteiger charge is -2.36. The van der Waals surface area contributed by atoms with Gasteiger partial charge in [-0.15, -0.1) is 0 Å². The number of fused-ring (bicyclic) bond motifs is 1. The molecule has 4 heterocycles. The van der Waals surface area contributed by atoms with E-state index in [4.69, 9.17) is 15.8 Å². The highest BCUT2D eigenvalue weighted by atomic mass is 19.3. The molecule has 2 fully saturated rings. The Morgan fingerprint density at radius 1 is 1.21 bits per heavy atom. The fourth-order valence-electron chi connectivity index (χ4n) is 5.29. The van der Waals surface area contributed by atoms with E-state index in [1.54, 1.807) is 17.0 Å². The summed E-state index contributed by atoms with van der Waals surface area (Å²) < 4.78 is 30.4. The quantitative estimate of drug-likeness (QED) is 0.728. The average molecular weight is 473 g/mol. The first-order chi connectivity index (χ1) is 16.4. The van der Waals surface area contributed by atoms with Gasteiger partial charge < -0.3 is 20.3 Å². The van der Waals surface area contributed by atoms with Crippen LogP contribution in [0.5, 0.6) is 5.75 Å². The molecule has 2 N–H and O–H groups in total. The summed E-state index contributed by atoms with van der Waals surface area (Å²) >= 11 is 0. The minimum atomic E-state index is -2.99. The summed E-state index contributed by atoms with van der Waals surface area (Å²) in [5, 5.41) is 6.72. The highest BCUT2D eigenvalue weighted by Gasteiger charge is 2.39. The Morgan fingerprint density at radius 2 is 2.03 bits per heavy atom. The van der Waals surface area contributed by atoms with E-state index in [9.17, 15) is 13.6 Å². The number of halogens is 2. The number of piperidine rings is 1. The second-order valence-electron chi connectivity index (χ2n) is 9.30. The second-order valence-corrected chi connectivity index (χ2v) is 9.30. The second kappa shape index (κ2) is 9.32. The summed E-state index contributed by atoms with van der Waals surface area (Å²) in [6.45, 7) is 1.29. The molecule has 1 unspecified atom stereocenters. The van der Waals surface area contributed by atoms with E-state index in [0.717, 1.165) is 55.9 Å². The molecule has 0 bridgehead atoms. The van der Waals surface area contributed by atoms with Crippen LogP contribution < -0.4 is 10.5 Å². The number of para-hydroxylation sites is 1. The van der Waals surface area contributed by atoms with Gasteiger partial charge in [-0.05, 0) is 44.7 Å². The number of amides is 1. The predicted molar refractivity (Wildman–Crippen MR) is 125 cm³/mol. The Hall–Kier alpha value is -3.01. The predicted octanol–water partition coefficient (Wildman–Crippen LogP) is 3.02. The van der Waals surface area contributed by atoms with Gasteiger partial charge in [-0.3, -0.25) is 4.79 Å². The molecular formula is C24H30F2N6O2. The molecule has 0 aromatic heterocycles. The van der Waals surface area contributed by atoms with Crippen LogP contribution in [0.15, 0.2) is 46.1 Å². The Morgan fingerprint density at radius 3 is 2.79 bits per heavy atom. The zero-order valence-electron chi connectivity index (χ0n) is 19.2. The number of hydrazone groups is 1. The highest BCUT2D eigenvalue weighted by Crippen LogP contribution is 2.32. The van der Waals surface area contributed by atoms with Gasteiger partial charge in [0.15, 0.2) is 0 Å². The summed E-state index contributed by atoms with van der Waals surface area (Å²) in [5.74, 6) is 0.560. The van der Waals surface area contributed by atoms with Crippen molar-refractivity contribution >= 4 is 17.5 Å². The van der Waals surface area contributed by atoms with Crippen LogP contribution in [0.1, 0.15) is 49.4 Å². The van der Waals surface area contributed by atoms with Crippen LogP contribution in [0, 0.1) is 0 Å². The lowest BCUT2D eigenvalue weighted by Crippen LogP contribution is -2.48. The molecule has 8 nitrogen and oxygen atoms in total. The Labute approximate surface area is 197 Å². The monoisotopic (exact) mass is 472 g/mol. The van der Waals surface area contributed by atoms with E-state index in [-0.39, 0.29) is 35.5 Å². The largest absolute Gasteiger partial charge is 0.434 e. The van der Waals surface area contributed by atoms with Crippen molar-refractivity contribution in [3.8, 4) is 5.75 Å². The average Bonchev–Trinajstić information content (AvgIpc) is 3.43. The van der Waals surface area contributed by atoms with Gasteiger partial charge in [-0.25, -0.2) is 10.0 Å². The molecule has 1 amide bonds. The van der Waals surface area contributed by atoms with Gasteiger partial charge >= 0.3 is 6.61 Å². The maximum Gasteiger partial charge on any atom is 0.387 e. The summed E-state index contributed by atoms with van der Waals surface area (Å²) in [5.41, 5.74) is 8.19. The van der Waals surface area contributed by atoms with Gasteiger partial charge in [-0.2, -0.15) is 13.9 Å². The number of nitrogens with two attached hydrogens (primary N) is 1. The van der Waals surface area contributed by atoms with Crippen molar-refractivity contribution in [2.24, 2.45) is 15.8 Å². The SMILES string of the molecule is CC1=CN2N=C([C@@H]3CCCCN3C(=O)c3ccccc3OC(F)F)CC2N=C1N1CC[C@H](N)C1. The first-order valence-electron chi connectivity index (χ1n) is 11.9. The topological polar surface area (TPSA) is 86.8 Å². The van der Waals surface area contributed by atoms with Gasteiger partial charge in [0.2, 0.25) is 0 Å². The third-order valence-electron chi connectivity index (χ3n) is 6.90. The van der Waals surface area contributed by atoms with E-state index < -0.39 is 6.61 Å². The Balaban J connectivity index is 1.36. The number of amidine groups is 1. The normalized spacial score (nSPS) is 26.9. The standard InChI is InChI=1S/C24H30F2N6O2/c1-15-13-32-21(28-22(15)30-11-9-16(27)14-30)12-18(29-32)19-7-4-5-10-31(19)23(33)17-6-2-3-8-20(17)34-24(25)26/h2-3,6,8,13,16,19,21,24H,4-5,7,9-12,14,27H2,1H3/t16-,19-,21?/m0/s1. The highest BCUT2D eigenvalue weighted by molar-refractivity contribution is 6.02. The minimum Gasteiger partial charge on any atom is -0.434 e. The summed E-state index contributed by atoms with van der Waals surface area (Å²) in [7, 11) is 0. The van der Waals surface area contributed by atoms with Crippen molar-refractivity contribution in [2.75, 3.05) is 19.6 Å². The van der Waals surface area contributed by atoms with Gasteiger partial charge in [0.1, 0.15) is 17.8 Å². The van der Waals surface area contributed by atoms with Crippen LogP contribution in [0.25, 0.3) is 0 Å². The van der Waals surface area contributed by atoms with E-state index in [2.05, 4.69) is 9.64 Å². The number of rotatable bonds is 4. The molecule has 4 aliphatic heterocycles. The van der Waals surface area contributed by atoms with Crippen molar-refractivity contribution < 1.29 is 18.3 Å². The molecule has 10 heteroatoms. The van der Waals surface area contributed by atoms with Gasteiger partial charge in [0.25, 0.3) is 5.91 Å². The smallest absolute Gasteiger partial charge is 0.387 e. The molecule has 0 aliphatic carbocycles. The zero-order valence-corrected chi connectivity index (χ0v) is 19.2. The van der Waals surface area contributed by atoms with Gasteiger partial charge in [0, 0.05) is 43.9 Å². The van der Waals surface area contributed by atoms with Crippen molar-refractivity contribution in [3.05, 3.63) is 41.6 Å². The number of aliphatic imine (C=N–C) groups is 1. The maximum absolute atomic E-state index is 13.5. The van der Waals surface area contributed by atoms with Crippen LogP contribution >= 0.6 is 0 Å². The van der Waals surface area contributed by atoms with Gasteiger partial charge in [0.05, 0.1) is 17.3 Å². The van der Waals surface area contributed by atoms with Crippen molar-refractivity contribution in [1.82, 2.24) is 14.8 Å². The fraction of sp³-hybridized carbons (Fsp3) is 0.542. The number of ether oxygens (including phenoxy) is 1. The molecule has 4 aliphatic rings. The third kappa shape index (κ3) is 4.38. The maximum atomic E-state index is 13.5. The number of hydrogen-bond donors (Lipinski definition) is 1. The Bertz CT molecular complexity index is 1040. The van der Waals surface area contributed by atoms with Crippen molar-refractivity contribution in [2.45, 2.75) is 63.9 Å². The fourth-order valence-corrected chi connectivity index (χ4v) is 5.29. The number of benzene rings is 1. The Kier molecular flexibility index (Phi) is 6.24. The number of likely N-dealkylation sites (tertiary alicyclic amines) is 2. The lowest BCUT2D eigenvalue weighted by molar-refractivity contribution is -0.0503. The molecule has 0 saturated carbocycles. The van der Waals surface area contributed by atoms with E-state index in [1.165, 1.54) is 12.1 Å². The van der Waals surface area contributed by atoms with E-state index in [1.807, 2.05) is 18.1 Å². The van der Waals surface area contributed by atoms with Gasteiger partial charge in [-0.1, -0.05) is 12.1 Å². The summed E-state index contributed by atoms with van der Waals surface area (Å²) in [4.78, 5) is 22.4. The molecule has 1 aromatic rings. The number of carbonyl (C=O) groups is 1. The third-order valence-corrected chi connectivity index (χ3v) is 6.90. The first kappa shape index (κ1) is 22.8. The molecule has 0 radical (unpaired) electrons. The first-order valence-corrected chi connectivity index (χ1v) is 11.9. The number of alkyl halides is 2. The number of hydrogen-bond acceptors (Lipinski definition) is 7. The number of nitrogens with zero attached hydrogens (tertiary/aromatic N) is 5.